The molecular weight excluding hydrogens is 302 g/mol. The number of hydrogen-bond donors (Lipinski definition) is 1. The van der Waals surface area contributed by atoms with E-state index < -0.39 is 0 Å². The third kappa shape index (κ3) is 4.90. The molecule has 1 atom stereocenters. The quantitative estimate of drug-likeness (QED) is 0.782. The highest BCUT2D eigenvalue weighted by Crippen LogP contribution is 2.30. The summed E-state index contributed by atoms with van der Waals surface area (Å²) in [6.07, 6.45) is 0.180. The van der Waals surface area contributed by atoms with Crippen LogP contribution in [0.25, 0.3) is 0 Å². The lowest BCUT2D eigenvalue weighted by Crippen LogP contribution is -2.18. The number of benzene rings is 2. The highest BCUT2D eigenvalue weighted by molar-refractivity contribution is 5.43. The monoisotopic (exact) mass is 329 g/mol. The van der Waals surface area contributed by atoms with Gasteiger partial charge in [0.1, 0.15) is 5.75 Å². The van der Waals surface area contributed by atoms with Crippen molar-refractivity contribution in [1.29, 1.82) is 0 Å². The van der Waals surface area contributed by atoms with Crippen molar-refractivity contribution in [2.75, 3.05) is 14.2 Å². The van der Waals surface area contributed by atoms with Crippen LogP contribution in [0.2, 0.25) is 0 Å². The molecule has 0 aliphatic rings. The number of nitrogens with one attached hydrogen (secondary N) is 1. The van der Waals surface area contributed by atoms with Crippen molar-refractivity contribution in [3.05, 3.63) is 53.6 Å². The summed E-state index contributed by atoms with van der Waals surface area (Å²) in [4.78, 5) is 0. The van der Waals surface area contributed by atoms with Gasteiger partial charge in [0, 0.05) is 12.6 Å². The van der Waals surface area contributed by atoms with Crippen molar-refractivity contribution < 1.29 is 14.2 Å². The van der Waals surface area contributed by atoms with Gasteiger partial charge < -0.3 is 19.5 Å². The molecular formula is C20H27NO3. The van der Waals surface area contributed by atoms with E-state index in [2.05, 4.69) is 30.4 Å². The van der Waals surface area contributed by atoms with Crippen molar-refractivity contribution in [3.63, 3.8) is 0 Å². The van der Waals surface area contributed by atoms with Crippen LogP contribution in [0.4, 0.5) is 0 Å². The molecule has 130 valence electrons. The molecule has 0 heterocycles. The van der Waals surface area contributed by atoms with Gasteiger partial charge in [0.25, 0.3) is 0 Å². The minimum Gasteiger partial charge on any atom is -0.493 e. The third-order valence-corrected chi connectivity index (χ3v) is 3.79. The first-order chi connectivity index (χ1) is 11.5. The van der Waals surface area contributed by atoms with E-state index in [1.807, 2.05) is 38.1 Å². The zero-order valence-electron chi connectivity index (χ0n) is 15.1. The molecule has 0 aromatic heterocycles. The summed E-state index contributed by atoms with van der Waals surface area (Å²) in [5.74, 6) is 2.39. The summed E-state index contributed by atoms with van der Waals surface area (Å²) < 4.78 is 16.4. The normalized spacial score (nSPS) is 12.1. The summed E-state index contributed by atoms with van der Waals surface area (Å²) in [6, 6.07) is 14.4. The van der Waals surface area contributed by atoms with E-state index in [1.54, 1.807) is 14.2 Å². The smallest absolute Gasteiger partial charge is 0.161 e. The average Bonchev–Trinajstić information content (AvgIpc) is 2.58. The van der Waals surface area contributed by atoms with Gasteiger partial charge in [-0.1, -0.05) is 18.2 Å². The minimum absolute atomic E-state index is 0.180. The van der Waals surface area contributed by atoms with Gasteiger partial charge in [-0.25, -0.2) is 0 Å². The second-order valence-corrected chi connectivity index (χ2v) is 6.03. The van der Waals surface area contributed by atoms with Gasteiger partial charge in [0.2, 0.25) is 0 Å². The van der Waals surface area contributed by atoms with Crippen LogP contribution in [0.1, 0.15) is 37.9 Å². The van der Waals surface area contributed by atoms with Gasteiger partial charge in [-0.15, -0.1) is 0 Å². The molecule has 4 heteroatoms. The Morgan fingerprint density at radius 3 is 2.33 bits per heavy atom. The highest BCUT2D eigenvalue weighted by atomic mass is 16.5. The lowest BCUT2D eigenvalue weighted by atomic mass is 10.1. The van der Waals surface area contributed by atoms with Gasteiger partial charge in [0.15, 0.2) is 11.5 Å². The van der Waals surface area contributed by atoms with Crippen molar-refractivity contribution in [1.82, 2.24) is 5.32 Å². The predicted octanol–water partition coefficient (Wildman–Crippen LogP) is 4.34. The molecule has 2 aromatic rings. The summed E-state index contributed by atoms with van der Waals surface area (Å²) >= 11 is 0. The SMILES string of the molecule is COc1ccc(C(C)NCc2cccc(OC(C)C)c2)cc1OC. The molecule has 0 fully saturated rings. The maximum atomic E-state index is 5.74. The van der Waals surface area contributed by atoms with Crippen LogP contribution >= 0.6 is 0 Å². The number of methoxy groups -OCH3 is 2. The van der Waals surface area contributed by atoms with Gasteiger partial charge in [-0.2, -0.15) is 0 Å². The Hall–Kier alpha value is -2.20. The molecule has 2 rings (SSSR count). The fourth-order valence-corrected chi connectivity index (χ4v) is 2.51. The average molecular weight is 329 g/mol. The molecule has 0 saturated heterocycles. The molecule has 0 saturated carbocycles. The molecule has 2 aromatic carbocycles. The number of ether oxygens (including phenoxy) is 3. The topological polar surface area (TPSA) is 39.7 Å². The fraction of sp³-hybridized carbons (Fsp3) is 0.400. The zero-order valence-corrected chi connectivity index (χ0v) is 15.1. The Morgan fingerprint density at radius 1 is 0.917 bits per heavy atom. The molecule has 24 heavy (non-hydrogen) atoms. The van der Waals surface area contributed by atoms with Crippen LogP contribution in [0, 0.1) is 0 Å². The van der Waals surface area contributed by atoms with E-state index in [0.717, 1.165) is 29.4 Å². The Morgan fingerprint density at radius 2 is 1.67 bits per heavy atom. The predicted molar refractivity (Wildman–Crippen MR) is 97.0 cm³/mol. The van der Waals surface area contributed by atoms with E-state index in [1.165, 1.54) is 5.56 Å². The molecule has 1 N–H and O–H groups in total. The Bertz CT molecular complexity index is 655. The van der Waals surface area contributed by atoms with E-state index >= 15 is 0 Å². The van der Waals surface area contributed by atoms with E-state index in [0.29, 0.717) is 0 Å². The Labute approximate surface area is 144 Å². The third-order valence-electron chi connectivity index (χ3n) is 3.79. The number of rotatable bonds is 8. The molecule has 0 aliphatic heterocycles. The molecule has 1 unspecified atom stereocenters. The van der Waals surface area contributed by atoms with Crippen molar-refractivity contribution >= 4 is 0 Å². The van der Waals surface area contributed by atoms with Crippen molar-refractivity contribution in [2.24, 2.45) is 0 Å². The zero-order chi connectivity index (χ0) is 17.5. The molecule has 0 aliphatic carbocycles. The highest BCUT2D eigenvalue weighted by Gasteiger charge is 2.10. The van der Waals surface area contributed by atoms with Crippen LogP contribution in [-0.4, -0.2) is 20.3 Å². The lowest BCUT2D eigenvalue weighted by Gasteiger charge is -2.17. The second-order valence-electron chi connectivity index (χ2n) is 6.03. The first-order valence-electron chi connectivity index (χ1n) is 8.24. The van der Waals surface area contributed by atoms with Crippen LogP contribution in [-0.2, 0) is 6.54 Å². The molecule has 4 nitrogen and oxygen atoms in total. The number of hydrogen-bond acceptors (Lipinski definition) is 4. The van der Waals surface area contributed by atoms with Crippen molar-refractivity contribution in [3.8, 4) is 17.2 Å². The van der Waals surface area contributed by atoms with Gasteiger partial charge in [-0.3, -0.25) is 0 Å². The van der Waals surface area contributed by atoms with Crippen LogP contribution < -0.4 is 19.5 Å². The van der Waals surface area contributed by atoms with Crippen molar-refractivity contribution in [2.45, 2.75) is 39.5 Å². The van der Waals surface area contributed by atoms with Gasteiger partial charge in [-0.05, 0) is 56.2 Å². The van der Waals surface area contributed by atoms with Crippen LogP contribution in [0.5, 0.6) is 17.2 Å². The lowest BCUT2D eigenvalue weighted by molar-refractivity contribution is 0.242. The fourth-order valence-electron chi connectivity index (χ4n) is 2.51. The Balaban J connectivity index is 2.01. The van der Waals surface area contributed by atoms with Crippen LogP contribution in [0.3, 0.4) is 0 Å². The summed E-state index contributed by atoms with van der Waals surface area (Å²) in [6.45, 7) is 6.97. The first-order valence-corrected chi connectivity index (χ1v) is 8.24. The minimum atomic E-state index is 0.180. The summed E-state index contributed by atoms with van der Waals surface area (Å²) in [5, 5.41) is 3.53. The van der Waals surface area contributed by atoms with Crippen LogP contribution in [0.15, 0.2) is 42.5 Å². The maximum absolute atomic E-state index is 5.74. The Kier molecular flexibility index (Phi) is 6.50. The van der Waals surface area contributed by atoms with Gasteiger partial charge >= 0.3 is 0 Å². The standard InChI is InChI=1S/C20H27NO3/c1-14(2)24-18-8-6-7-16(11-18)13-21-15(3)17-9-10-19(22-4)20(12-17)23-5/h6-12,14-15,21H,13H2,1-5H3. The molecule has 0 radical (unpaired) electrons. The van der Waals surface area contributed by atoms with Gasteiger partial charge in [0.05, 0.1) is 20.3 Å². The maximum Gasteiger partial charge on any atom is 0.161 e. The largest absolute Gasteiger partial charge is 0.493 e. The summed E-state index contributed by atoms with van der Waals surface area (Å²) in [7, 11) is 3.30. The van der Waals surface area contributed by atoms with E-state index in [-0.39, 0.29) is 12.1 Å². The first kappa shape index (κ1) is 18.1. The summed E-state index contributed by atoms with van der Waals surface area (Å²) in [5.41, 5.74) is 2.35. The molecule has 0 bridgehead atoms. The van der Waals surface area contributed by atoms with E-state index in [9.17, 15) is 0 Å². The molecule has 0 spiro atoms. The molecule has 0 amide bonds. The van der Waals surface area contributed by atoms with E-state index in [4.69, 9.17) is 14.2 Å². The second kappa shape index (κ2) is 8.60.